The number of benzene rings is 1. The summed E-state index contributed by atoms with van der Waals surface area (Å²) >= 11 is 9.07. The van der Waals surface area contributed by atoms with Crippen molar-refractivity contribution in [3.63, 3.8) is 0 Å². The number of hydrogen-bond donors (Lipinski definition) is 1. The summed E-state index contributed by atoms with van der Waals surface area (Å²) in [6.45, 7) is 0. The number of nitrogen functional groups attached to an aromatic ring is 1. The van der Waals surface area contributed by atoms with E-state index in [1.54, 1.807) is 19.0 Å². The number of nitrogens with two attached hydrogens (primary N) is 1. The Morgan fingerprint density at radius 3 is 2.67 bits per heavy atom. The average molecular weight is 354 g/mol. The van der Waals surface area contributed by atoms with Crippen LogP contribution in [0.15, 0.2) is 15.4 Å². The van der Waals surface area contributed by atoms with Crippen molar-refractivity contribution in [2.45, 2.75) is 4.90 Å². The van der Waals surface area contributed by atoms with Crippen LogP contribution in [-0.2, 0) is 0 Å². The SMILES string of the molecule is CN(C)C(=S)Sc1c(F)cc([N+](=O)[O-])c(N)c1Br. The molecule has 0 fully saturated rings. The molecule has 0 radical (unpaired) electrons. The molecule has 1 rings (SSSR count). The number of halogens is 2. The second-order valence-electron chi connectivity index (χ2n) is 3.45. The molecule has 0 heterocycles. The number of nitrogens with zero attached hydrogens (tertiary/aromatic N) is 2. The van der Waals surface area contributed by atoms with E-state index >= 15 is 0 Å². The Kier molecular flexibility index (Phi) is 4.88. The summed E-state index contributed by atoms with van der Waals surface area (Å²) in [5.41, 5.74) is 4.99. The van der Waals surface area contributed by atoms with Gasteiger partial charge in [0.05, 0.1) is 20.4 Å². The molecule has 0 aliphatic carbocycles. The molecule has 5 nitrogen and oxygen atoms in total. The fourth-order valence-corrected chi connectivity index (χ4v) is 2.62. The van der Waals surface area contributed by atoms with Gasteiger partial charge in [-0.05, 0) is 15.9 Å². The van der Waals surface area contributed by atoms with E-state index in [0.29, 0.717) is 4.32 Å². The van der Waals surface area contributed by atoms with Crippen LogP contribution >= 0.6 is 39.9 Å². The van der Waals surface area contributed by atoms with E-state index in [4.69, 9.17) is 18.0 Å². The molecule has 0 aliphatic rings. The van der Waals surface area contributed by atoms with E-state index < -0.39 is 16.4 Å². The molecular formula is C9H9BrFN3O2S2. The van der Waals surface area contributed by atoms with Gasteiger partial charge in [-0.3, -0.25) is 10.1 Å². The molecule has 0 unspecified atom stereocenters. The minimum absolute atomic E-state index is 0.120. The molecule has 1 aromatic carbocycles. The first kappa shape index (κ1) is 15.1. The Morgan fingerprint density at radius 2 is 2.22 bits per heavy atom. The zero-order valence-corrected chi connectivity index (χ0v) is 12.7. The van der Waals surface area contributed by atoms with Crippen LogP contribution in [-0.4, -0.2) is 28.2 Å². The lowest BCUT2D eigenvalue weighted by molar-refractivity contribution is -0.384. The van der Waals surface area contributed by atoms with Crippen molar-refractivity contribution < 1.29 is 9.31 Å². The molecule has 0 aromatic heterocycles. The van der Waals surface area contributed by atoms with E-state index in [2.05, 4.69) is 15.9 Å². The van der Waals surface area contributed by atoms with Gasteiger partial charge in [-0.2, -0.15) is 0 Å². The minimum Gasteiger partial charge on any atom is -0.392 e. The van der Waals surface area contributed by atoms with Crippen molar-refractivity contribution in [2.24, 2.45) is 0 Å². The van der Waals surface area contributed by atoms with Gasteiger partial charge < -0.3 is 10.6 Å². The van der Waals surface area contributed by atoms with E-state index in [-0.39, 0.29) is 15.1 Å². The topological polar surface area (TPSA) is 72.4 Å². The third-order valence-electron chi connectivity index (χ3n) is 1.94. The van der Waals surface area contributed by atoms with Crippen molar-refractivity contribution in [3.05, 3.63) is 26.5 Å². The van der Waals surface area contributed by atoms with Gasteiger partial charge in [0, 0.05) is 14.1 Å². The van der Waals surface area contributed by atoms with Crippen molar-refractivity contribution in [1.29, 1.82) is 0 Å². The van der Waals surface area contributed by atoms with Crippen LogP contribution in [0, 0.1) is 15.9 Å². The molecule has 18 heavy (non-hydrogen) atoms. The Morgan fingerprint density at radius 1 is 1.67 bits per heavy atom. The minimum atomic E-state index is -0.739. The van der Waals surface area contributed by atoms with E-state index in [1.807, 2.05) is 0 Å². The van der Waals surface area contributed by atoms with Crippen LogP contribution in [0.25, 0.3) is 0 Å². The lowest BCUT2D eigenvalue weighted by atomic mass is 10.2. The molecule has 0 atom stereocenters. The van der Waals surface area contributed by atoms with E-state index in [0.717, 1.165) is 17.8 Å². The highest BCUT2D eigenvalue weighted by atomic mass is 79.9. The Bertz CT molecular complexity index is 525. The van der Waals surface area contributed by atoms with Gasteiger partial charge >= 0.3 is 0 Å². The summed E-state index contributed by atoms with van der Waals surface area (Å²) in [7, 11) is 3.44. The number of hydrogen-bond acceptors (Lipinski definition) is 5. The number of nitro groups is 1. The summed E-state index contributed by atoms with van der Waals surface area (Å²) in [4.78, 5) is 11.7. The summed E-state index contributed by atoms with van der Waals surface area (Å²) in [6.07, 6.45) is 0. The highest BCUT2D eigenvalue weighted by Gasteiger charge is 2.23. The summed E-state index contributed by atoms with van der Waals surface area (Å²) < 4.78 is 14.3. The monoisotopic (exact) mass is 353 g/mol. The van der Waals surface area contributed by atoms with Crippen molar-refractivity contribution in [3.8, 4) is 0 Å². The largest absolute Gasteiger partial charge is 0.392 e. The van der Waals surface area contributed by atoms with E-state index in [9.17, 15) is 14.5 Å². The number of rotatable bonds is 2. The van der Waals surface area contributed by atoms with Crippen LogP contribution in [0.4, 0.5) is 15.8 Å². The summed E-state index contributed by atoms with van der Waals surface area (Å²) in [6, 6.07) is 0.792. The molecule has 0 spiro atoms. The first-order chi connectivity index (χ1) is 8.25. The third-order valence-corrected chi connectivity index (χ3v) is 4.79. The molecule has 0 saturated heterocycles. The van der Waals surface area contributed by atoms with Crippen LogP contribution in [0.1, 0.15) is 0 Å². The number of thioether (sulfide) groups is 1. The lowest BCUT2D eigenvalue weighted by Crippen LogP contribution is -2.16. The Hall–Kier alpha value is -0.930. The number of anilines is 1. The molecule has 9 heteroatoms. The number of nitro benzene ring substituents is 1. The second kappa shape index (κ2) is 5.81. The predicted molar refractivity (Wildman–Crippen MR) is 77.3 cm³/mol. The zero-order chi connectivity index (χ0) is 14.0. The fourth-order valence-electron chi connectivity index (χ4n) is 1.03. The van der Waals surface area contributed by atoms with Gasteiger partial charge in [-0.1, -0.05) is 24.0 Å². The molecule has 0 aliphatic heterocycles. The fraction of sp³-hybridized carbons (Fsp3) is 0.222. The second-order valence-corrected chi connectivity index (χ2v) is 5.89. The zero-order valence-electron chi connectivity index (χ0n) is 9.44. The van der Waals surface area contributed by atoms with Crippen LogP contribution in [0.3, 0.4) is 0 Å². The quantitative estimate of drug-likeness (QED) is 0.289. The standard InChI is InChI=1S/C9H9BrFN3O2S2/c1-13(2)9(17)18-8-4(11)3-5(14(15)16)7(12)6(8)10/h3H,12H2,1-2H3. The molecule has 0 saturated carbocycles. The first-order valence-electron chi connectivity index (χ1n) is 4.56. The molecule has 0 amide bonds. The normalized spacial score (nSPS) is 10.2. The average Bonchev–Trinajstić information content (AvgIpc) is 2.28. The summed E-state index contributed by atoms with van der Waals surface area (Å²) in [5.74, 6) is -0.739. The number of thiocarbonyl (C=S) groups is 1. The van der Waals surface area contributed by atoms with Crippen LogP contribution in [0.2, 0.25) is 0 Å². The van der Waals surface area contributed by atoms with Gasteiger partial charge in [0.15, 0.2) is 0 Å². The van der Waals surface area contributed by atoms with Gasteiger partial charge in [0.25, 0.3) is 5.69 Å². The molecule has 0 bridgehead atoms. The first-order valence-corrected chi connectivity index (χ1v) is 6.58. The van der Waals surface area contributed by atoms with Crippen molar-refractivity contribution >= 4 is 55.6 Å². The highest BCUT2D eigenvalue weighted by Crippen LogP contribution is 2.40. The maximum absolute atomic E-state index is 13.8. The van der Waals surface area contributed by atoms with Crippen LogP contribution in [0.5, 0.6) is 0 Å². The van der Waals surface area contributed by atoms with Gasteiger partial charge in [-0.15, -0.1) is 0 Å². The van der Waals surface area contributed by atoms with Crippen molar-refractivity contribution in [1.82, 2.24) is 4.90 Å². The van der Waals surface area contributed by atoms with Crippen LogP contribution < -0.4 is 5.73 Å². The maximum atomic E-state index is 13.8. The molecule has 2 N–H and O–H groups in total. The van der Waals surface area contributed by atoms with E-state index in [1.165, 1.54) is 0 Å². The highest BCUT2D eigenvalue weighted by molar-refractivity contribution is 9.10. The lowest BCUT2D eigenvalue weighted by Gasteiger charge is -2.14. The Balaban J connectivity index is 3.27. The smallest absolute Gasteiger partial charge is 0.296 e. The summed E-state index contributed by atoms with van der Waals surface area (Å²) in [5, 5.41) is 10.7. The predicted octanol–water partition coefficient (Wildman–Crippen LogP) is 3.02. The third kappa shape index (κ3) is 3.09. The maximum Gasteiger partial charge on any atom is 0.296 e. The molecule has 1 aromatic rings. The molecular weight excluding hydrogens is 345 g/mol. The Labute approximate surface area is 121 Å². The van der Waals surface area contributed by atoms with Gasteiger partial charge in [-0.25, -0.2) is 4.39 Å². The van der Waals surface area contributed by atoms with Gasteiger partial charge in [0.1, 0.15) is 15.8 Å². The van der Waals surface area contributed by atoms with Gasteiger partial charge in [0.2, 0.25) is 0 Å². The molecule has 98 valence electrons. The van der Waals surface area contributed by atoms with Crippen molar-refractivity contribution in [2.75, 3.05) is 19.8 Å².